The fourth-order valence-corrected chi connectivity index (χ4v) is 2.53. The first-order valence-electron chi connectivity index (χ1n) is 5.99. The number of carbonyl (C=O) groups excluding carboxylic acids is 1. The summed E-state index contributed by atoms with van der Waals surface area (Å²) in [5.41, 5.74) is 0. The van der Waals surface area contributed by atoms with Gasteiger partial charge in [-0.2, -0.15) is 0 Å². The van der Waals surface area contributed by atoms with Crippen molar-refractivity contribution >= 4 is 5.91 Å². The van der Waals surface area contributed by atoms with Crippen molar-refractivity contribution in [3.8, 4) is 0 Å². The number of nitrogens with zero attached hydrogens (tertiary/aromatic N) is 1. The van der Waals surface area contributed by atoms with Crippen LogP contribution >= 0.6 is 0 Å². The third-order valence-electron chi connectivity index (χ3n) is 3.48. The van der Waals surface area contributed by atoms with Crippen LogP contribution in [-0.2, 0) is 4.79 Å². The van der Waals surface area contributed by atoms with Crippen molar-refractivity contribution in [2.45, 2.75) is 38.2 Å². The van der Waals surface area contributed by atoms with Crippen LogP contribution in [0, 0.1) is 5.92 Å². The number of hydrogen-bond acceptors (Lipinski definition) is 2. The lowest BCUT2D eigenvalue weighted by Crippen LogP contribution is -2.48. The molecule has 3 nitrogen and oxygen atoms in total. The van der Waals surface area contributed by atoms with Crippen LogP contribution in [0.15, 0.2) is 0 Å². The predicted molar refractivity (Wildman–Crippen MR) is 56.3 cm³/mol. The number of amides is 1. The molecule has 0 aromatic rings. The summed E-state index contributed by atoms with van der Waals surface area (Å²) in [4.78, 5) is 13.6. The lowest BCUT2D eigenvalue weighted by atomic mass is 9.98. The van der Waals surface area contributed by atoms with Gasteiger partial charge in [0.05, 0.1) is 6.04 Å². The fraction of sp³-hybridized carbons (Fsp3) is 0.909. The molecule has 1 N–H and O–H groups in total. The number of carbonyl (C=O) groups is 1. The zero-order valence-corrected chi connectivity index (χ0v) is 9.29. The monoisotopic (exact) mass is 232 g/mol. The van der Waals surface area contributed by atoms with E-state index in [-0.39, 0.29) is 18.5 Å². The van der Waals surface area contributed by atoms with Crippen molar-refractivity contribution in [2.75, 3.05) is 19.6 Å². The van der Waals surface area contributed by atoms with Gasteiger partial charge in [0, 0.05) is 19.0 Å². The van der Waals surface area contributed by atoms with Gasteiger partial charge in [-0.3, -0.25) is 4.79 Å². The lowest BCUT2D eigenvalue weighted by molar-refractivity contribution is -0.136. The third-order valence-corrected chi connectivity index (χ3v) is 3.48. The van der Waals surface area contributed by atoms with Crippen LogP contribution in [0.25, 0.3) is 0 Å². The molecule has 2 rings (SSSR count). The highest BCUT2D eigenvalue weighted by Crippen LogP contribution is 2.23. The molecule has 2 fully saturated rings. The second-order valence-electron chi connectivity index (χ2n) is 4.67. The van der Waals surface area contributed by atoms with Crippen molar-refractivity contribution in [1.29, 1.82) is 0 Å². The quantitative estimate of drug-likeness (QED) is 0.777. The molecular weight excluding hydrogens is 214 g/mol. The van der Waals surface area contributed by atoms with Gasteiger partial charge in [0.1, 0.15) is 0 Å². The van der Waals surface area contributed by atoms with Crippen molar-refractivity contribution in [3.63, 3.8) is 0 Å². The highest BCUT2D eigenvalue weighted by atomic mass is 19.3. The standard InChI is InChI=1S/C11H18F2N2O/c12-10(13)8-3-2-6-15(7-8)11(16)9-4-1-5-14-9/h8-10,14H,1-7H2/t8-,9+/m0/s1. The van der Waals surface area contributed by atoms with Crippen molar-refractivity contribution in [2.24, 2.45) is 5.92 Å². The normalized spacial score (nSPS) is 31.1. The molecule has 0 radical (unpaired) electrons. The Morgan fingerprint density at radius 1 is 1.31 bits per heavy atom. The Morgan fingerprint density at radius 3 is 2.75 bits per heavy atom. The highest BCUT2D eigenvalue weighted by molar-refractivity contribution is 5.82. The van der Waals surface area contributed by atoms with Crippen molar-refractivity contribution in [1.82, 2.24) is 10.2 Å². The molecule has 1 amide bonds. The van der Waals surface area contributed by atoms with E-state index >= 15 is 0 Å². The number of rotatable bonds is 2. The van der Waals surface area contributed by atoms with E-state index in [1.54, 1.807) is 4.90 Å². The van der Waals surface area contributed by atoms with Gasteiger partial charge in [-0.25, -0.2) is 8.78 Å². The van der Waals surface area contributed by atoms with Gasteiger partial charge in [-0.1, -0.05) is 0 Å². The number of hydrogen-bond donors (Lipinski definition) is 1. The van der Waals surface area contributed by atoms with E-state index in [4.69, 9.17) is 0 Å². The van der Waals surface area contributed by atoms with Gasteiger partial charge in [-0.15, -0.1) is 0 Å². The molecule has 0 aliphatic carbocycles. The highest BCUT2D eigenvalue weighted by Gasteiger charge is 2.33. The first kappa shape index (κ1) is 11.8. The van der Waals surface area contributed by atoms with Crippen LogP contribution in [0.2, 0.25) is 0 Å². The zero-order chi connectivity index (χ0) is 11.5. The summed E-state index contributed by atoms with van der Waals surface area (Å²) in [6.07, 6.45) is 0.789. The molecule has 16 heavy (non-hydrogen) atoms. The Kier molecular flexibility index (Phi) is 3.74. The molecular formula is C11H18F2N2O. The zero-order valence-electron chi connectivity index (χ0n) is 9.29. The second-order valence-corrected chi connectivity index (χ2v) is 4.67. The van der Waals surface area contributed by atoms with E-state index in [2.05, 4.69) is 5.32 Å². The van der Waals surface area contributed by atoms with E-state index < -0.39 is 12.3 Å². The van der Waals surface area contributed by atoms with Gasteiger partial charge in [0.2, 0.25) is 12.3 Å². The Hall–Kier alpha value is -0.710. The largest absolute Gasteiger partial charge is 0.341 e. The Morgan fingerprint density at radius 2 is 2.12 bits per heavy atom. The van der Waals surface area contributed by atoms with Gasteiger partial charge >= 0.3 is 0 Å². The first-order valence-corrected chi connectivity index (χ1v) is 5.99. The van der Waals surface area contributed by atoms with Gasteiger partial charge in [0.15, 0.2) is 0 Å². The number of alkyl halides is 2. The van der Waals surface area contributed by atoms with E-state index in [9.17, 15) is 13.6 Å². The number of halogens is 2. The van der Waals surface area contributed by atoms with E-state index in [1.165, 1.54) is 0 Å². The fourth-order valence-electron chi connectivity index (χ4n) is 2.53. The minimum atomic E-state index is -2.30. The van der Waals surface area contributed by atoms with Crippen LogP contribution in [0.1, 0.15) is 25.7 Å². The molecule has 0 bridgehead atoms. The molecule has 2 atom stereocenters. The van der Waals surface area contributed by atoms with Gasteiger partial charge < -0.3 is 10.2 Å². The van der Waals surface area contributed by atoms with Crippen LogP contribution in [-0.4, -0.2) is 42.9 Å². The van der Waals surface area contributed by atoms with Crippen LogP contribution in [0.5, 0.6) is 0 Å². The molecule has 5 heteroatoms. The first-order chi connectivity index (χ1) is 7.68. The number of likely N-dealkylation sites (tertiary alicyclic amines) is 1. The Balaban J connectivity index is 1.90. The molecule has 92 valence electrons. The summed E-state index contributed by atoms with van der Waals surface area (Å²) >= 11 is 0. The van der Waals surface area contributed by atoms with Crippen LogP contribution in [0.3, 0.4) is 0 Å². The predicted octanol–water partition coefficient (Wildman–Crippen LogP) is 1.24. The molecule has 2 saturated heterocycles. The molecule has 0 spiro atoms. The Bertz CT molecular complexity index is 254. The summed E-state index contributed by atoms with van der Waals surface area (Å²) in [5, 5.41) is 3.12. The molecule has 0 aromatic carbocycles. The topological polar surface area (TPSA) is 32.3 Å². The van der Waals surface area contributed by atoms with E-state index in [1.807, 2.05) is 0 Å². The SMILES string of the molecule is O=C([C@H]1CCCN1)N1CCC[C@H](C(F)F)C1. The molecule has 0 unspecified atom stereocenters. The maximum atomic E-state index is 12.6. The number of piperidine rings is 1. The number of nitrogens with one attached hydrogen (secondary N) is 1. The maximum absolute atomic E-state index is 12.6. The lowest BCUT2D eigenvalue weighted by Gasteiger charge is -2.33. The Labute approximate surface area is 94.2 Å². The summed E-state index contributed by atoms with van der Waals surface area (Å²) < 4.78 is 25.2. The van der Waals surface area contributed by atoms with E-state index in [0.717, 1.165) is 19.4 Å². The minimum Gasteiger partial charge on any atom is -0.341 e. The summed E-state index contributed by atoms with van der Waals surface area (Å²) in [7, 11) is 0. The van der Waals surface area contributed by atoms with Crippen LogP contribution in [0.4, 0.5) is 8.78 Å². The average molecular weight is 232 g/mol. The summed E-state index contributed by atoms with van der Waals surface area (Å²) in [5.74, 6) is -0.609. The second kappa shape index (κ2) is 5.08. The molecule has 2 aliphatic heterocycles. The molecule has 2 aliphatic rings. The van der Waals surface area contributed by atoms with Gasteiger partial charge in [-0.05, 0) is 32.2 Å². The minimum absolute atomic E-state index is 0.0165. The van der Waals surface area contributed by atoms with Crippen molar-refractivity contribution in [3.05, 3.63) is 0 Å². The summed E-state index contributed by atoms with van der Waals surface area (Å²) in [6, 6.07) is -0.128. The maximum Gasteiger partial charge on any atom is 0.243 e. The molecule has 2 heterocycles. The molecule has 0 aromatic heterocycles. The average Bonchev–Trinajstić information content (AvgIpc) is 2.81. The molecule has 0 saturated carbocycles. The van der Waals surface area contributed by atoms with Crippen LogP contribution < -0.4 is 5.32 Å². The van der Waals surface area contributed by atoms with Gasteiger partial charge in [0.25, 0.3) is 0 Å². The van der Waals surface area contributed by atoms with Crippen molar-refractivity contribution < 1.29 is 13.6 Å². The smallest absolute Gasteiger partial charge is 0.243 e. The summed E-state index contributed by atoms with van der Waals surface area (Å²) in [6.45, 7) is 1.73. The third kappa shape index (κ3) is 2.51. The van der Waals surface area contributed by atoms with E-state index in [0.29, 0.717) is 19.4 Å².